The summed E-state index contributed by atoms with van der Waals surface area (Å²) in [5.74, 6) is 0.0125. The summed E-state index contributed by atoms with van der Waals surface area (Å²) in [4.78, 5) is 11.4. The predicted octanol–water partition coefficient (Wildman–Crippen LogP) is 2.81. The van der Waals surface area contributed by atoms with E-state index in [0.717, 1.165) is 22.6 Å². The van der Waals surface area contributed by atoms with Gasteiger partial charge in [0.05, 0.1) is 12.2 Å². The Hall–Kier alpha value is -1.95. The van der Waals surface area contributed by atoms with Crippen LogP contribution in [0.25, 0.3) is 0 Å². The fourth-order valence-corrected chi connectivity index (χ4v) is 2.04. The molecule has 2 rings (SSSR count). The zero-order valence-electron chi connectivity index (χ0n) is 10.9. The molecule has 0 fully saturated rings. The first kappa shape index (κ1) is 13.5. The lowest BCUT2D eigenvalue weighted by Gasteiger charge is -2.11. The number of carbonyl (C=O) groups excluding carboxylic acids is 1. The van der Waals surface area contributed by atoms with Crippen LogP contribution in [0.2, 0.25) is 0 Å². The van der Waals surface area contributed by atoms with Crippen LogP contribution in [-0.2, 0) is 11.3 Å². The Bertz CT molecular complexity index is 554. The Labute approximate surface area is 116 Å². The molecular formula is C13H16N4OS. The first-order chi connectivity index (χ1) is 9.19. The summed E-state index contributed by atoms with van der Waals surface area (Å²) in [6.07, 6.45) is 0.473. The summed E-state index contributed by atoms with van der Waals surface area (Å²) in [6.45, 7) is 4.48. The van der Waals surface area contributed by atoms with Crippen molar-refractivity contribution in [3.05, 3.63) is 34.8 Å². The van der Waals surface area contributed by atoms with Gasteiger partial charge in [-0.05, 0) is 36.2 Å². The van der Waals surface area contributed by atoms with Gasteiger partial charge in [0.1, 0.15) is 0 Å². The zero-order chi connectivity index (χ0) is 13.7. The first-order valence-electron chi connectivity index (χ1n) is 6.09. The number of nitrogens with zero attached hydrogens (tertiary/aromatic N) is 2. The molecule has 0 aliphatic rings. The monoisotopic (exact) mass is 276 g/mol. The number of nitrogens with one attached hydrogen (secondary N) is 2. The van der Waals surface area contributed by atoms with Crippen molar-refractivity contribution in [2.24, 2.45) is 0 Å². The molecule has 1 aromatic carbocycles. The van der Waals surface area contributed by atoms with Crippen molar-refractivity contribution >= 4 is 28.8 Å². The summed E-state index contributed by atoms with van der Waals surface area (Å²) in [5.41, 5.74) is 3.82. The molecule has 5 nitrogen and oxygen atoms in total. The van der Waals surface area contributed by atoms with Gasteiger partial charge >= 0.3 is 0 Å². The molecule has 2 N–H and O–H groups in total. The maximum absolute atomic E-state index is 11.4. The molecule has 0 saturated heterocycles. The number of aromatic nitrogens is 2. The van der Waals surface area contributed by atoms with Crippen molar-refractivity contribution in [1.29, 1.82) is 0 Å². The quantitative estimate of drug-likeness (QED) is 0.881. The fourth-order valence-electron chi connectivity index (χ4n) is 1.59. The lowest BCUT2D eigenvalue weighted by Crippen LogP contribution is -2.10. The van der Waals surface area contributed by atoms with Gasteiger partial charge in [0.15, 0.2) is 0 Å². The molecule has 1 amide bonds. The normalized spacial score (nSPS) is 10.2. The molecule has 6 heteroatoms. The third-order valence-electron chi connectivity index (χ3n) is 2.71. The van der Waals surface area contributed by atoms with Gasteiger partial charge in [0.25, 0.3) is 0 Å². The first-order valence-corrected chi connectivity index (χ1v) is 6.93. The number of anilines is 2. The second-order valence-corrected chi connectivity index (χ2v) is 4.79. The Balaban J connectivity index is 2.06. The Morgan fingerprint density at radius 3 is 2.95 bits per heavy atom. The van der Waals surface area contributed by atoms with Crippen LogP contribution >= 0.6 is 11.5 Å². The second-order valence-electron chi connectivity index (χ2n) is 4.18. The number of hydrogen-bond donors (Lipinski definition) is 2. The van der Waals surface area contributed by atoms with E-state index in [-0.39, 0.29) is 5.91 Å². The van der Waals surface area contributed by atoms with Crippen molar-refractivity contribution in [2.45, 2.75) is 26.8 Å². The molecule has 0 saturated carbocycles. The highest BCUT2D eigenvalue weighted by atomic mass is 32.1. The molecular weight excluding hydrogens is 260 g/mol. The van der Waals surface area contributed by atoms with Crippen molar-refractivity contribution < 1.29 is 4.79 Å². The van der Waals surface area contributed by atoms with Crippen LogP contribution in [0, 0.1) is 6.92 Å². The van der Waals surface area contributed by atoms with Crippen LogP contribution in [-0.4, -0.2) is 15.5 Å². The van der Waals surface area contributed by atoms with E-state index in [2.05, 4.69) is 20.2 Å². The summed E-state index contributed by atoms with van der Waals surface area (Å²) >= 11 is 1.34. The van der Waals surface area contributed by atoms with E-state index in [1.54, 1.807) is 0 Å². The molecule has 19 heavy (non-hydrogen) atoms. The minimum atomic E-state index is 0.0125. The van der Waals surface area contributed by atoms with Crippen LogP contribution in [0.15, 0.2) is 23.6 Å². The number of aryl methyl sites for hydroxylation is 1. The van der Waals surface area contributed by atoms with E-state index >= 15 is 0 Å². The van der Waals surface area contributed by atoms with Crippen molar-refractivity contribution in [2.75, 3.05) is 10.6 Å². The fraction of sp³-hybridized carbons (Fsp3) is 0.308. The van der Waals surface area contributed by atoms with Gasteiger partial charge in [0.2, 0.25) is 5.91 Å². The van der Waals surface area contributed by atoms with Crippen LogP contribution in [0.4, 0.5) is 11.4 Å². The van der Waals surface area contributed by atoms with E-state index in [4.69, 9.17) is 0 Å². The lowest BCUT2D eigenvalue weighted by molar-refractivity contribution is -0.115. The zero-order valence-corrected chi connectivity index (χ0v) is 11.8. The number of rotatable bonds is 5. The van der Waals surface area contributed by atoms with E-state index < -0.39 is 0 Å². The summed E-state index contributed by atoms with van der Waals surface area (Å²) < 4.78 is 3.82. The Kier molecular flexibility index (Phi) is 4.46. The highest BCUT2D eigenvalue weighted by Crippen LogP contribution is 2.21. The van der Waals surface area contributed by atoms with Gasteiger partial charge < -0.3 is 10.6 Å². The van der Waals surface area contributed by atoms with Gasteiger partial charge in [-0.1, -0.05) is 17.5 Å². The smallest absolute Gasteiger partial charge is 0.224 e. The summed E-state index contributed by atoms with van der Waals surface area (Å²) in [5, 5.41) is 12.0. The third kappa shape index (κ3) is 3.75. The average molecular weight is 276 g/mol. The highest BCUT2D eigenvalue weighted by Gasteiger charge is 2.04. The van der Waals surface area contributed by atoms with Crippen LogP contribution in [0.1, 0.15) is 24.6 Å². The van der Waals surface area contributed by atoms with Crippen molar-refractivity contribution in [3.8, 4) is 0 Å². The predicted molar refractivity (Wildman–Crippen MR) is 77.3 cm³/mol. The van der Waals surface area contributed by atoms with Crippen LogP contribution in [0.5, 0.6) is 0 Å². The van der Waals surface area contributed by atoms with E-state index in [1.165, 1.54) is 11.5 Å². The third-order valence-corrected chi connectivity index (χ3v) is 3.26. The Morgan fingerprint density at radius 2 is 2.26 bits per heavy atom. The van der Waals surface area contributed by atoms with Gasteiger partial charge in [-0.25, -0.2) is 0 Å². The molecule has 0 spiro atoms. The SMILES string of the molecule is CCC(=O)Nc1ccc(C)c(NCc2csnn2)c1. The molecule has 0 aliphatic carbocycles. The minimum absolute atomic E-state index is 0.0125. The van der Waals surface area contributed by atoms with Gasteiger partial charge in [-0.2, -0.15) is 0 Å². The van der Waals surface area contributed by atoms with E-state index in [1.807, 2.05) is 37.4 Å². The van der Waals surface area contributed by atoms with Crippen molar-refractivity contribution in [1.82, 2.24) is 9.59 Å². The van der Waals surface area contributed by atoms with Gasteiger partial charge in [0, 0.05) is 23.2 Å². The maximum atomic E-state index is 11.4. The van der Waals surface area contributed by atoms with E-state index in [0.29, 0.717) is 13.0 Å². The summed E-state index contributed by atoms with van der Waals surface area (Å²) in [7, 11) is 0. The van der Waals surface area contributed by atoms with Crippen LogP contribution < -0.4 is 10.6 Å². The lowest BCUT2D eigenvalue weighted by atomic mass is 10.1. The van der Waals surface area contributed by atoms with E-state index in [9.17, 15) is 4.79 Å². The molecule has 1 heterocycles. The molecule has 0 aliphatic heterocycles. The maximum Gasteiger partial charge on any atom is 0.224 e. The number of carbonyl (C=O) groups is 1. The summed E-state index contributed by atoms with van der Waals surface area (Å²) in [6, 6.07) is 5.81. The molecule has 0 radical (unpaired) electrons. The molecule has 2 aromatic rings. The van der Waals surface area contributed by atoms with Gasteiger partial charge in [-0.15, -0.1) is 5.10 Å². The second kappa shape index (κ2) is 6.29. The largest absolute Gasteiger partial charge is 0.379 e. The molecule has 0 atom stereocenters. The standard InChI is InChI=1S/C13H16N4OS/c1-3-13(18)15-10-5-4-9(2)12(6-10)14-7-11-8-19-17-16-11/h4-6,8,14H,3,7H2,1-2H3,(H,15,18). The van der Waals surface area contributed by atoms with Crippen molar-refractivity contribution in [3.63, 3.8) is 0 Å². The minimum Gasteiger partial charge on any atom is -0.379 e. The average Bonchev–Trinajstić information content (AvgIpc) is 2.92. The van der Waals surface area contributed by atoms with Crippen LogP contribution in [0.3, 0.4) is 0 Å². The Morgan fingerprint density at radius 1 is 1.42 bits per heavy atom. The van der Waals surface area contributed by atoms with Gasteiger partial charge in [-0.3, -0.25) is 4.79 Å². The molecule has 0 unspecified atom stereocenters. The highest BCUT2D eigenvalue weighted by molar-refractivity contribution is 7.03. The molecule has 100 valence electrons. The number of amides is 1. The molecule has 0 bridgehead atoms. The number of benzene rings is 1. The molecule has 1 aromatic heterocycles. The topological polar surface area (TPSA) is 66.9 Å². The number of hydrogen-bond acceptors (Lipinski definition) is 5.